The van der Waals surface area contributed by atoms with Crippen LogP contribution in [0.15, 0.2) is 60.7 Å². The molecule has 0 amide bonds. The van der Waals surface area contributed by atoms with E-state index in [0.717, 1.165) is 23.0 Å². The molecule has 0 bridgehead atoms. The third-order valence-electron chi connectivity index (χ3n) is 3.64. The van der Waals surface area contributed by atoms with Crippen LogP contribution < -0.4 is 0 Å². The van der Waals surface area contributed by atoms with Crippen LogP contribution >= 0.6 is 11.6 Å². The normalized spacial score (nSPS) is 10.5. The van der Waals surface area contributed by atoms with Gasteiger partial charge in [0.15, 0.2) is 6.29 Å². The fourth-order valence-corrected chi connectivity index (χ4v) is 2.86. The van der Waals surface area contributed by atoms with Gasteiger partial charge in [0.05, 0.1) is 5.02 Å². The number of phenols is 2. The molecule has 23 heavy (non-hydrogen) atoms. The van der Waals surface area contributed by atoms with Crippen LogP contribution in [0.1, 0.15) is 10.4 Å². The molecule has 0 aliphatic carbocycles. The maximum atomic E-state index is 11.4. The lowest BCUT2D eigenvalue weighted by Gasteiger charge is -2.13. The molecular weight excluding hydrogens is 312 g/mol. The van der Waals surface area contributed by atoms with E-state index in [1.807, 2.05) is 0 Å². The van der Waals surface area contributed by atoms with Gasteiger partial charge in [-0.05, 0) is 35.4 Å². The van der Waals surface area contributed by atoms with Gasteiger partial charge >= 0.3 is 0 Å². The zero-order valence-electron chi connectivity index (χ0n) is 12.0. The van der Waals surface area contributed by atoms with E-state index in [2.05, 4.69) is 0 Å². The molecule has 3 aromatic carbocycles. The molecule has 4 heteroatoms. The highest BCUT2D eigenvalue weighted by Crippen LogP contribution is 2.39. The molecule has 0 atom stereocenters. The van der Waals surface area contributed by atoms with E-state index in [4.69, 9.17) is 11.6 Å². The van der Waals surface area contributed by atoms with Crippen molar-refractivity contribution in [3.8, 4) is 33.8 Å². The van der Waals surface area contributed by atoms with E-state index in [1.54, 1.807) is 60.7 Å². The Labute approximate surface area is 138 Å². The van der Waals surface area contributed by atoms with Gasteiger partial charge in [-0.1, -0.05) is 48.0 Å². The van der Waals surface area contributed by atoms with Crippen LogP contribution in [0.25, 0.3) is 22.3 Å². The van der Waals surface area contributed by atoms with Crippen molar-refractivity contribution in [2.75, 3.05) is 0 Å². The average Bonchev–Trinajstić information content (AvgIpc) is 2.56. The number of hydrogen-bond acceptors (Lipinski definition) is 3. The zero-order valence-corrected chi connectivity index (χ0v) is 12.8. The van der Waals surface area contributed by atoms with Crippen LogP contribution in [-0.2, 0) is 0 Å². The number of halogens is 1. The summed E-state index contributed by atoms with van der Waals surface area (Å²) in [4.78, 5) is 11.4. The highest BCUT2D eigenvalue weighted by atomic mass is 35.5. The number of rotatable bonds is 3. The minimum absolute atomic E-state index is 0.146. The first kappa shape index (κ1) is 15.1. The molecule has 0 fully saturated rings. The number of aromatic hydroxyl groups is 2. The van der Waals surface area contributed by atoms with Gasteiger partial charge < -0.3 is 10.2 Å². The summed E-state index contributed by atoms with van der Waals surface area (Å²) < 4.78 is 0. The van der Waals surface area contributed by atoms with Gasteiger partial charge in [-0.3, -0.25) is 4.79 Å². The van der Waals surface area contributed by atoms with Crippen molar-refractivity contribution in [2.45, 2.75) is 0 Å². The molecule has 0 saturated carbocycles. The van der Waals surface area contributed by atoms with Gasteiger partial charge in [0, 0.05) is 16.7 Å². The van der Waals surface area contributed by atoms with E-state index < -0.39 is 0 Å². The molecule has 0 spiro atoms. The summed E-state index contributed by atoms with van der Waals surface area (Å²) in [5.74, 6) is 0.320. The van der Waals surface area contributed by atoms with Crippen molar-refractivity contribution in [1.29, 1.82) is 0 Å². The van der Waals surface area contributed by atoms with Crippen molar-refractivity contribution in [3.05, 3.63) is 71.2 Å². The fraction of sp³-hybridized carbons (Fsp3) is 0. The summed E-state index contributed by atoms with van der Waals surface area (Å²) in [6, 6.07) is 16.7. The number of aldehydes is 1. The van der Waals surface area contributed by atoms with Crippen LogP contribution in [0, 0.1) is 0 Å². The number of benzene rings is 3. The van der Waals surface area contributed by atoms with Crippen molar-refractivity contribution in [2.24, 2.45) is 0 Å². The summed E-state index contributed by atoms with van der Waals surface area (Å²) in [6.07, 6.45) is 0.759. The Morgan fingerprint density at radius 1 is 0.739 bits per heavy atom. The van der Waals surface area contributed by atoms with E-state index in [-0.39, 0.29) is 11.5 Å². The van der Waals surface area contributed by atoms with Crippen molar-refractivity contribution < 1.29 is 15.0 Å². The number of phenolic OH excluding ortho intramolecular Hbond substituents is 2. The van der Waals surface area contributed by atoms with Gasteiger partial charge in [-0.25, -0.2) is 0 Å². The first-order valence-corrected chi connectivity index (χ1v) is 7.34. The van der Waals surface area contributed by atoms with Crippen LogP contribution in [-0.4, -0.2) is 16.5 Å². The van der Waals surface area contributed by atoms with Crippen LogP contribution in [0.5, 0.6) is 11.5 Å². The monoisotopic (exact) mass is 324 g/mol. The second-order valence-electron chi connectivity index (χ2n) is 5.10. The summed E-state index contributed by atoms with van der Waals surface area (Å²) in [5, 5.41) is 19.3. The lowest BCUT2D eigenvalue weighted by atomic mass is 9.94. The minimum atomic E-state index is 0.146. The first-order chi connectivity index (χ1) is 11.1. The van der Waals surface area contributed by atoms with Crippen molar-refractivity contribution in [3.63, 3.8) is 0 Å². The van der Waals surface area contributed by atoms with E-state index in [0.29, 0.717) is 16.1 Å². The molecule has 3 rings (SSSR count). The quantitative estimate of drug-likeness (QED) is 0.674. The van der Waals surface area contributed by atoms with Crippen LogP contribution in [0.3, 0.4) is 0 Å². The standard InChI is InChI=1S/C19H13ClO3/c20-19-17(12-1-6-15(22)7-2-12)10-5-14(11-21)18(19)13-3-8-16(23)9-4-13/h1-11,22-23H. The molecule has 0 unspecified atom stereocenters. The second-order valence-corrected chi connectivity index (χ2v) is 5.48. The SMILES string of the molecule is O=Cc1ccc(-c2ccc(O)cc2)c(Cl)c1-c1ccc(O)cc1. The van der Waals surface area contributed by atoms with Gasteiger partial charge in [0.1, 0.15) is 11.5 Å². The topological polar surface area (TPSA) is 57.5 Å². The molecule has 0 heterocycles. The second kappa shape index (κ2) is 6.15. The van der Waals surface area contributed by atoms with Gasteiger partial charge in [0.2, 0.25) is 0 Å². The fourth-order valence-electron chi connectivity index (χ4n) is 2.47. The van der Waals surface area contributed by atoms with E-state index >= 15 is 0 Å². The van der Waals surface area contributed by atoms with Crippen LogP contribution in [0.4, 0.5) is 0 Å². The summed E-state index contributed by atoms with van der Waals surface area (Å²) >= 11 is 6.56. The number of carbonyl (C=O) groups is 1. The predicted octanol–water partition coefficient (Wildman–Crippen LogP) is 4.90. The Balaban J connectivity index is 2.21. The number of hydrogen-bond donors (Lipinski definition) is 2. The molecule has 0 aliphatic heterocycles. The molecule has 0 aromatic heterocycles. The van der Waals surface area contributed by atoms with Gasteiger partial charge in [0.25, 0.3) is 0 Å². The highest BCUT2D eigenvalue weighted by Gasteiger charge is 2.14. The zero-order chi connectivity index (χ0) is 16.4. The minimum Gasteiger partial charge on any atom is -0.508 e. The summed E-state index contributed by atoms with van der Waals surface area (Å²) in [5.41, 5.74) is 3.44. The number of carbonyl (C=O) groups excluding carboxylic acids is 1. The Morgan fingerprint density at radius 2 is 1.26 bits per heavy atom. The lowest BCUT2D eigenvalue weighted by molar-refractivity contribution is 0.112. The third kappa shape index (κ3) is 2.91. The Kier molecular flexibility index (Phi) is 4.04. The summed E-state index contributed by atoms with van der Waals surface area (Å²) in [6.45, 7) is 0. The largest absolute Gasteiger partial charge is 0.508 e. The predicted molar refractivity (Wildman–Crippen MR) is 91.0 cm³/mol. The lowest BCUT2D eigenvalue weighted by Crippen LogP contribution is -1.92. The maximum Gasteiger partial charge on any atom is 0.150 e. The Hall–Kier alpha value is -2.78. The molecule has 0 aliphatic rings. The molecule has 3 aromatic rings. The van der Waals surface area contributed by atoms with E-state index in [9.17, 15) is 15.0 Å². The molecule has 3 nitrogen and oxygen atoms in total. The third-order valence-corrected chi connectivity index (χ3v) is 4.03. The van der Waals surface area contributed by atoms with Crippen molar-refractivity contribution >= 4 is 17.9 Å². The molecule has 2 N–H and O–H groups in total. The van der Waals surface area contributed by atoms with Crippen molar-refractivity contribution in [1.82, 2.24) is 0 Å². The molecular formula is C19H13ClO3. The molecule has 114 valence electrons. The Morgan fingerprint density at radius 3 is 1.78 bits per heavy atom. The summed E-state index contributed by atoms with van der Waals surface area (Å²) in [7, 11) is 0. The van der Waals surface area contributed by atoms with Gasteiger partial charge in [-0.15, -0.1) is 0 Å². The maximum absolute atomic E-state index is 11.4. The average molecular weight is 325 g/mol. The smallest absolute Gasteiger partial charge is 0.150 e. The first-order valence-electron chi connectivity index (χ1n) is 6.96. The highest BCUT2D eigenvalue weighted by molar-refractivity contribution is 6.36. The molecule has 0 radical (unpaired) electrons. The van der Waals surface area contributed by atoms with E-state index in [1.165, 1.54) is 0 Å². The van der Waals surface area contributed by atoms with Gasteiger partial charge in [-0.2, -0.15) is 0 Å². The molecule has 0 saturated heterocycles. The Bertz CT molecular complexity index is 853. The van der Waals surface area contributed by atoms with Crippen LogP contribution in [0.2, 0.25) is 5.02 Å².